The Morgan fingerprint density at radius 1 is 0.941 bits per heavy atom. The molecule has 0 aliphatic rings. The zero-order valence-electron chi connectivity index (χ0n) is 19.1. The third-order valence-corrected chi connectivity index (χ3v) is 6.04. The van der Waals surface area contributed by atoms with Crippen LogP contribution in [0.4, 0.5) is 10.1 Å². The van der Waals surface area contributed by atoms with Crippen LogP contribution in [0.1, 0.15) is 0 Å². The van der Waals surface area contributed by atoms with E-state index in [0.717, 1.165) is 37.7 Å². The molecule has 0 aliphatic heterocycles. The first-order valence-electron chi connectivity index (χ1n) is 11.2. The Morgan fingerprint density at radius 2 is 1.65 bits per heavy atom. The van der Waals surface area contributed by atoms with Gasteiger partial charge in [-0.3, -0.25) is 0 Å². The highest BCUT2D eigenvalue weighted by Gasteiger charge is 2.15. The minimum Gasteiger partial charge on any atom is -0.491 e. The van der Waals surface area contributed by atoms with E-state index in [4.69, 9.17) is 22.1 Å². The van der Waals surface area contributed by atoms with Gasteiger partial charge in [0.2, 0.25) is 0 Å². The Hall–Kier alpha value is -2.55. The number of fused-ring (bicyclic) bond motifs is 3. The second-order valence-electron chi connectivity index (χ2n) is 8.00. The van der Waals surface area contributed by atoms with Crippen LogP contribution in [0.15, 0.2) is 65.1 Å². The summed E-state index contributed by atoms with van der Waals surface area (Å²) < 4.78 is 34.0. The van der Waals surface area contributed by atoms with Crippen molar-refractivity contribution in [2.75, 3.05) is 45.4 Å². The molecule has 4 rings (SSSR count). The molecule has 0 bridgehead atoms. The third-order valence-electron chi connectivity index (χ3n) is 5.54. The normalized spacial score (nSPS) is 12.3. The number of rotatable bonds is 12. The number of aromatic nitrogens is 1. The number of halogens is 2. The van der Waals surface area contributed by atoms with Crippen molar-refractivity contribution >= 4 is 56.7 Å². The Bertz CT molecular complexity index is 1170. The van der Waals surface area contributed by atoms with E-state index in [0.29, 0.717) is 31.9 Å². The molecule has 8 heteroatoms. The molecule has 1 atom stereocenters. The smallest absolute Gasteiger partial charge is 0.135 e. The van der Waals surface area contributed by atoms with E-state index in [-0.39, 0.29) is 13.1 Å². The molecule has 5 nitrogen and oxygen atoms in total. The van der Waals surface area contributed by atoms with Crippen molar-refractivity contribution in [3.05, 3.63) is 65.1 Å². The predicted octanol–water partition coefficient (Wildman–Crippen LogP) is 4.84. The first kappa shape index (κ1) is 24.6. The summed E-state index contributed by atoms with van der Waals surface area (Å²) in [6.45, 7) is 2.51. The molecule has 1 heterocycles. The number of methoxy groups -OCH3 is 1. The minimum absolute atomic E-state index is 0.195. The van der Waals surface area contributed by atoms with Crippen LogP contribution in [0.3, 0.4) is 0 Å². The van der Waals surface area contributed by atoms with Crippen LogP contribution in [-0.2, 0) is 16.0 Å². The monoisotopic (exact) mass is 524 g/mol. The van der Waals surface area contributed by atoms with E-state index in [9.17, 15) is 0 Å². The van der Waals surface area contributed by atoms with Gasteiger partial charge in [0.25, 0.3) is 0 Å². The standard InChI is InChI=1S/C26H27BBrFN2O3/c1-32-10-11-33-12-13-34-22-6-4-21(5-7-22)30-16-20(29)17-31-25-8-2-18(27)14-23(25)24-15-19(28)3-9-26(24)31/h2-9,14-15,20,30H,10-13,16-17H2,1H3. The van der Waals surface area contributed by atoms with E-state index in [1.807, 2.05) is 59.2 Å². The maximum atomic E-state index is 15.1. The van der Waals surface area contributed by atoms with Crippen molar-refractivity contribution < 1.29 is 18.6 Å². The first-order chi connectivity index (χ1) is 16.5. The van der Waals surface area contributed by atoms with Gasteiger partial charge in [-0.25, -0.2) is 4.39 Å². The van der Waals surface area contributed by atoms with Gasteiger partial charge in [-0.2, -0.15) is 0 Å². The van der Waals surface area contributed by atoms with Gasteiger partial charge in [0.05, 0.1) is 26.4 Å². The Labute approximate surface area is 208 Å². The number of ether oxygens (including phenoxy) is 3. The molecule has 34 heavy (non-hydrogen) atoms. The van der Waals surface area contributed by atoms with E-state index >= 15 is 4.39 Å². The average Bonchev–Trinajstić information content (AvgIpc) is 3.12. The van der Waals surface area contributed by atoms with Crippen LogP contribution in [0, 0.1) is 0 Å². The quantitative estimate of drug-likeness (QED) is 0.213. The molecule has 1 unspecified atom stereocenters. The fourth-order valence-corrected chi connectivity index (χ4v) is 4.27. The molecule has 0 fully saturated rings. The van der Waals surface area contributed by atoms with Gasteiger partial charge in [-0.15, -0.1) is 0 Å². The molecule has 1 aromatic heterocycles. The number of anilines is 1. The van der Waals surface area contributed by atoms with Crippen LogP contribution in [0.25, 0.3) is 21.8 Å². The van der Waals surface area contributed by atoms with Crippen molar-refractivity contribution in [1.29, 1.82) is 0 Å². The lowest BCUT2D eigenvalue weighted by Crippen LogP contribution is -2.21. The highest BCUT2D eigenvalue weighted by atomic mass is 79.9. The summed E-state index contributed by atoms with van der Waals surface area (Å²) in [6, 6.07) is 19.3. The van der Waals surface area contributed by atoms with Crippen molar-refractivity contribution in [2.45, 2.75) is 12.7 Å². The molecule has 176 valence electrons. The summed E-state index contributed by atoms with van der Waals surface area (Å²) >= 11 is 3.53. The van der Waals surface area contributed by atoms with Crippen LogP contribution in [0.5, 0.6) is 5.75 Å². The summed E-state index contributed by atoms with van der Waals surface area (Å²) in [5.74, 6) is 0.744. The van der Waals surface area contributed by atoms with Crippen LogP contribution in [0.2, 0.25) is 0 Å². The van der Waals surface area contributed by atoms with Gasteiger partial charge in [0.15, 0.2) is 0 Å². The summed E-state index contributed by atoms with van der Waals surface area (Å²) in [5, 5.41) is 5.26. The number of nitrogens with one attached hydrogen (secondary N) is 1. The molecule has 1 N–H and O–H groups in total. The largest absolute Gasteiger partial charge is 0.491 e. The SMILES string of the molecule is [B]c1ccc2c(c1)c1cc(Br)ccc1n2CC(F)CNc1ccc(OCCOCCOC)cc1. The van der Waals surface area contributed by atoms with Crippen LogP contribution in [-0.4, -0.2) is 58.7 Å². The lowest BCUT2D eigenvalue weighted by Gasteiger charge is -2.14. The molecule has 0 aliphatic carbocycles. The zero-order valence-corrected chi connectivity index (χ0v) is 20.7. The van der Waals surface area contributed by atoms with Gasteiger partial charge in [-0.1, -0.05) is 33.5 Å². The number of hydrogen-bond donors (Lipinski definition) is 1. The minimum atomic E-state index is -1.08. The number of alkyl halides is 1. The Balaban J connectivity index is 1.35. The van der Waals surface area contributed by atoms with Gasteiger partial charge in [-0.05, 0) is 48.5 Å². The first-order valence-corrected chi connectivity index (χ1v) is 12.0. The molecule has 3 aromatic carbocycles. The lowest BCUT2D eigenvalue weighted by atomic mass is 9.94. The molecule has 2 radical (unpaired) electrons. The summed E-state index contributed by atoms with van der Waals surface area (Å²) in [6.07, 6.45) is -1.08. The van der Waals surface area contributed by atoms with E-state index < -0.39 is 6.17 Å². The summed E-state index contributed by atoms with van der Waals surface area (Å²) in [5.41, 5.74) is 3.48. The second-order valence-corrected chi connectivity index (χ2v) is 8.92. The summed E-state index contributed by atoms with van der Waals surface area (Å²) in [4.78, 5) is 0. The maximum Gasteiger partial charge on any atom is 0.135 e. The van der Waals surface area contributed by atoms with Crippen molar-refractivity contribution in [3.63, 3.8) is 0 Å². The van der Waals surface area contributed by atoms with Crippen LogP contribution < -0.4 is 15.5 Å². The zero-order chi connectivity index (χ0) is 23.9. The van der Waals surface area contributed by atoms with Gasteiger partial charge in [0.1, 0.15) is 26.4 Å². The molecule has 0 spiro atoms. The van der Waals surface area contributed by atoms with Gasteiger partial charge < -0.3 is 24.1 Å². The van der Waals surface area contributed by atoms with Crippen LogP contribution >= 0.6 is 15.9 Å². The lowest BCUT2D eigenvalue weighted by molar-refractivity contribution is 0.0544. The summed E-state index contributed by atoms with van der Waals surface area (Å²) in [7, 11) is 7.65. The molecule has 0 amide bonds. The molecular formula is C26H27BBrFN2O3. The third kappa shape index (κ3) is 6.11. The van der Waals surface area contributed by atoms with E-state index in [1.54, 1.807) is 7.11 Å². The highest BCUT2D eigenvalue weighted by Crippen LogP contribution is 2.31. The van der Waals surface area contributed by atoms with Gasteiger partial charge >= 0.3 is 0 Å². The fourth-order valence-electron chi connectivity index (χ4n) is 3.91. The fraction of sp³-hybridized carbons (Fsp3) is 0.308. The Morgan fingerprint density at radius 3 is 2.41 bits per heavy atom. The molecule has 4 aromatic rings. The maximum absolute atomic E-state index is 15.1. The molecular weight excluding hydrogens is 498 g/mol. The topological polar surface area (TPSA) is 44.7 Å². The highest BCUT2D eigenvalue weighted by molar-refractivity contribution is 9.10. The Kier molecular flexibility index (Phi) is 8.48. The van der Waals surface area contributed by atoms with Gasteiger partial charge in [0, 0.05) is 45.6 Å². The van der Waals surface area contributed by atoms with Crippen molar-refractivity contribution in [2.24, 2.45) is 0 Å². The van der Waals surface area contributed by atoms with E-state index in [2.05, 4.69) is 27.3 Å². The van der Waals surface area contributed by atoms with Crippen molar-refractivity contribution in [3.8, 4) is 5.75 Å². The number of nitrogens with zero attached hydrogens (tertiary/aromatic N) is 1. The molecule has 0 saturated carbocycles. The van der Waals surface area contributed by atoms with E-state index in [1.165, 1.54) is 0 Å². The number of benzene rings is 3. The number of hydrogen-bond acceptors (Lipinski definition) is 4. The average molecular weight is 525 g/mol. The predicted molar refractivity (Wildman–Crippen MR) is 141 cm³/mol. The molecule has 0 saturated heterocycles. The van der Waals surface area contributed by atoms with Crippen molar-refractivity contribution in [1.82, 2.24) is 4.57 Å². The second kappa shape index (κ2) is 11.7.